The van der Waals surface area contributed by atoms with E-state index in [1.807, 2.05) is 62.4 Å². The molecule has 3 rings (SSSR count). The molecule has 0 aliphatic heterocycles. The Labute approximate surface area is 171 Å². The van der Waals surface area contributed by atoms with Crippen LogP contribution in [0.3, 0.4) is 0 Å². The minimum atomic E-state index is -0.115. The van der Waals surface area contributed by atoms with Crippen molar-refractivity contribution in [2.75, 3.05) is 17.7 Å². The highest BCUT2D eigenvalue weighted by Gasteiger charge is 2.12. The number of carbonyl (C=O) groups is 1. The number of nitrogens with one attached hydrogen (secondary N) is 1. The van der Waals surface area contributed by atoms with Gasteiger partial charge < -0.3 is 10.1 Å². The second-order valence-electron chi connectivity index (χ2n) is 5.60. The van der Waals surface area contributed by atoms with Crippen molar-refractivity contribution >= 4 is 46.9 Å². The van der Waals surface area contributed by atoms with Gasteiger partial charge >= 0.3 is 0 Å². The Balaban J connectivity index is 1.66. The van der Waals surface area contributed by atoms with Crippen LogP contribution in [-0.4, -0.2) is 28.0 Å². The fraction of sp³-hybridized carbons (Fsp3) is 0.211. The molecule has 3 aromatic rings. The van der Waals surface area contributed by atoms with E-state index in [2.05, 4.69) is 10.4 Å². The number of aryl methyl sites for hydroxylation is 1. The molecule has 8 heteroatoms. The van der Waals surface area contributed by atoms with Gasteiger partial charge in [-0.15, -0.1) is 5.10 Å². The smallest absolute Gasteiger partial charge is 0.234 e. The first-order valence-electron chi connectivity index (χ1n) is 8.39. The molecule has 140 valence electrons. The van der Waals surface area contributed by atoms with Crippen molar-refractivity contribution < 1.29 is 9.53 Å². The van der Waals surface area contributed by atoms with Gasteiger partial charge in [0.25, 0.3) is 0 Å². The number of carbonyl (C=O) groups excluding carboxylic acids is 1. The van der Waals surface area contributed by atoms with Gasteiger partial charge in [0.05, 0.1) is 23.7 Å². The number of hydrogen-bond acceptors (Lipinski definition) is 6. The quantitative estimate of drug-likeness (QED) is 0.428. The number of benzene rings is 2. The number of ether oxygens (including phenoxy) is 1. The maximum Gasteiger partial charge on any atom is 0.234 e. The van der Waals surface area contributed by atoms with Crippen molar-refractivity contribution in [2.45, 2.75) is 18.2 Å². The van der Waals surface area contributed by atoms with E-state index in [1.165, 1.54) is 23.1 Å². The molecule has 2 aromatic carbocycles. The zero-order valence-corrected chi connectivity index (χ0v) is 17.4. The molecule has 0 radical (unpaired) electrons. The summed E-state index contributed by atoms with van der Waals surface area (Å²) in [5.41, 5.74) is 2.73. The van der Waals surface area contributed by atoms with Crippen molar-refractivity contribution in [2.24, 2.45) is 0 Å². The molecule has 1 amide bonds. The lowest BCUT2D eigenvalue weighted by Crippen LogP contribution is -2.15. The Bertz CT molecular complexity index is 998. The SMILES string of the molecule is CCOc1ccccc1NC(=O)CSc1nn(-c2ccccc2C)c(=S)s1. The molecular weight excluding hydrogens is 398 g/mol. The lowest BCUT2D eigenvalue weighted by Gasteiger charge is -2.10. The van der Waals surface area contributed by atoms with Gasteiger partial charge in [0.1, 0.15) is 5.75 Å². The summed E-state index contributed by atoms with van der Waals surface area (Å²) < 4.78 is 8.70. The van der Waals surface area contributed by atoms with Crippen LogP contribution in [0.4, 0.5) is 5.69 Å². The Morgan fingerprint density at radius 2 is 2.00 bits per heavy atom. The Kier molecular flexibility index (Phi) is 6.65. The monoisotopic (exact) mass is 417 g/mol. The summed E-state index contributed by atoms with van der Waals surface area (Å²) in [6, 6.07) is 15.3. The van der Waals surface area contributed by atoms with E-state index in [0.717, 1.165) is 15.6 Å². The second kappa shape index (κ2) is 9.16. The molecule has 27 heavy (non-hydrogen) atoms. The molecule has 0 atom stereocenters. The standard InChI is InChI=1S/C19H19N3O2S3/c1-3-24-16-11-7-5-9-14(16)20-17(23)12-26-18-21-22(19(25)27-18)15-10-6-4-8-13(15)2/h4-11H,3,12H2,1-2H3,(H,20,23). The zero-order valence-electron chi connectivity index (χ0n) is 15.0. The van der Waals surface area contributed by atoms with Gasteiger partial charge in [-0.2, -0.15) is 0 Å². The highest BCUT2D eigenvalue weighted by atomic mass is 32.2. The van der Waals surface area contributed by atoms with Gasteiger partial charge in [0.15, 0.2) is 8.29 Å². The van der Waals surface area contributed by atoms with Crippen LogP contribution in [0.2, 0.25) is 0 Å². The minimum Gasteiger partial charge on any atom is -0.492 e. The van der Waals surface area contributed by atoms with Crippen LogP contribution < -0.4 is 10.1 Å². The number of amides is 1. The second-order valence-corrected chi connectivity index (χ2v) is 8.44. The average molecular weight is 418 g/mol. The molecule has 1 N–H and O–H groups in total. The summed E-state index contributed by atoms with van der Waals surface area (Å²) in [6.07, 6.45) is 0. The van der Waals surface area contributed by atoms with Crippen LogP contribution in [0.1, 0.15) is 12.5 Å². The minimum absolute atomic E-state index is 0.115. The van der Waals surface area contributed by atoms with Gasteiger partial charge in [0, 0.05) is 0 Å². The summed E-state index contributed by atoms with van der Waals surface area (Å²) >= 11 is 8.21. The highest BCUT2D eigenvalue weighted by molar-refractivity contribution is 8.01. The van der Waals surface area contributed by atoms with E-state index in [0.29, 0.717) is 22.0 Å². The summed E-state index contributed by atoms with van der Waals surface area (Å²) in [6.45, 7) is 4.47. The lowest BCUT2D eigenvalue weighted by molar-refractivity contribution is -0.113. The van der Waals surface area contributed by atoms with Crippen molar-refractivity contribution in [1.82, 2.24) is 9.78 Å². The van der Waals surface area contributed by atoms with Crippen molar-refractivity contribution in [3.05, 3.63) is 58.0 Å². The van der Waals surface area contributed by atoms with Gasteiger partial charge in [-0.05, 0) is 49.8 Å². The van der Waals surface area contributed by atoms with Gasteiger partial charge in [-0.25, -0.2) is 4.68 Å². The number of thioether (sulfide) groups is 1. The number of anilines is 1. The highest BCUT2D eigenvalue weighted by Crippen LogP contribution is 2.27. The maximum atomic E-state index is 12.3. The Hall–Kier alpha value is -2.16. The largest absolute Gasteiger partial charge is 0.492 e. The molecular formula is C19H19N3O2S3. The molecule has 0 spiro atoms. The van der Waals surface area contributed by atoms with E-state index in [1.54, 1.807) is 4.68 Å². The zero-order chi connectivity index (χ0) is 19.2. The Morgan fingerprint density at radius 1 is 1.26 bits per heavy atom. The normalized spacial score (nSPS) is 10.6. The summed E-state index contributed by atoms with van der Waals surface area (Å²) in [5.74, 6) is 0.796. The van der Waals surface area contributed by atoms with Crippen molar-refractivity contribution in [1.29, 1.82) is 0 Å². The van der Waals surface area contributed by atoms with E-state index in [-0.39, 0.29) is 11.7 Å². The topological polar surface area (TPSA) is 56.1 Å². The van der Waals surface area contributed by atoms with Crippen LogP contribution >= 0.6 is 35.3 Å². The third-order valence-electron chi connectivity index (χ3n) is 3.66. The van der Waals surface area contributed by atoms with E-state index in [9.17, 15) is 4.79 Å². The molecule has 0 bridgehead atoms. The number of hydrogen-bond donors (Lipinski definition) is 1. The number of rotatable bonds is 7. The first-order chi connectivity index (χ1) is 13.1. The van der Waals surface area contributed by atoms with Crippen LogP contribution in [0, 0.1) is 10.9 Å². The fourth-order valence-corrected chi connectivity index (χ4v) is 4.58. The summed E-state index contributed by atoms with van der Waals surface area (Å²) in [7, 11) is 0. The van der Waals surface area contributed by atoms with Crippen molar-refractivity contribution in [3.63, 3.8) is 0 Å². The lowest BCUT2D eigenvalue weighted by atomic mass is 10.2. The molecule has 0 aliphatic rings. The molecule has 1 aromatic heterocycles. The molecule has 0 fully saturated rings. The number of para-hydroxylation sites is 3. The van der Waals surface area contributed by atoms with Gasteiger partial charge in [-0.1, -0.05) is 53.4 Å². The fourth-order valence-electron chi connectivity index (χ4n) is 2.44. The third kappa shape index (κ3) is 4.97. The van der Waals surface area contributed by atoms with Crippen LogP contribution in [0.15, 0.2) is 52.9 Å². The first-order valence-corrected chi connectivity index (χ1v) is 10.6. The summed E-state index contributed by atoms with van der Waals surface area (Å²) in [5, 5.41) is 7.44. The van der Waals surface area contributed by atoms with E-state index >= 15 is 0 Å². The van der Waals surface area contributed by atoms with Gasteiger partial charge in [0.2, 0.25) is 5.91 Å². The average Bonchev–Trinajstić information content (AvgIpc) is 3.03. The molecule has 0 aliphatic carbocycles. The van der Waals surface area contributed by atoms with E-state index in [4.69, 9.17) is 17.0 Å². The maximum absolute atomic E-state index is 12.3. The number of aromatic nitrogens is 2. The van der Waals surface area contributed by atoms with Gasteiger partial charge in [-0.3, -0.25) is 4.79 Å². The first kappa shape index (κ1) is 19.6. The van der Waals surface area contributed by atoms with Crippen LogP contribution in [0.25, 0.3) is 5.69 Å². The molecule has 5 nitrogen and oxygen atoms in total. The predicted molar refractivity (Wildman–Crippen MR) is 114 cm³/mol. The molecule has 0 saturated carbocycles. The molecule has 0 saturated heterocycles. The van der Waals surface area contributed by atoms with Crippen molar-refractivity contribution in [3.8, 4) is 11.4 Å². The molecule has 0 unspecified atom stereocenters. The van der Waals surface area contributed by atoms with E-state index < -0.39 is 0 Å². The number of nitrogens with zero attached hydrogens (tertiary/aromatic N) is 2. The van der Waals surface area contributed by atoms with Crippen LogP contribution in [-0.2, 0) is 4.79 Å². The Morgan fingerprint density at radius 3 is 2.78 bits per heavy atom. The third-order valence-corrected chi connectivity index (χ3v) is 6.03. The van der Waals surface area contributed by atoms with Crippen LogP contribution in [0.5, 0.6) is 5.75 Å². The summed E-state index contributed by atoms with van der Waals surface area (Å²) in [4.78, 5) is 12.3. The predicted octanol–water partition coefficient (Wildman–Crippen LogP) is 5.10. The molecule has 1 heterocycles.